The lowest BCUT2D eigenvalue weighted by Gasteiger charge is -2.09. The van der Waals surface area contributed by atoms with Gasteiger partial charge in [0.25, 0.3) is 0 Å². The Kier molecular flexibility index (Phi) is 2.90. The van der Waals surface area contributed by atoms with Crippen LogP contribution in [0.15, 0.2) is 22.7 Å². The molecule has 0 aliphatic heterocycles. The Morgan fingerprint density at radius 3 is 2.38 bits per heavy atom. The highest BCUT2D eigenvalue weighted by Gasteiger charge is 2.31. The van der Waals surface area contributed by atoms with E-state index < -0.39 is 6.36 Å². The summed E-state index contributed by atoms with van der Waals surface area (Å²) in [6, 6.07) is 3.63. The minimum Gasteiger partial charge on any atom is -0.406 e. The summed E-state index contributed by atoms with van der Waals surface area (Å²) < 4.78 is 39.1. The normalized spacial score (nSPS) is 11.4. The van der Waals surface area contributed by atoms with Gasteiger partial charge >= 0.3 is 6.36 Å². The van der Waals surface area contributed by atoms with Crippen LogP contribution in [0.25, 0.3) is 0 Å². The van der Waals surface area contributed by atoms with Gasteiger partial charge in [-0.15, -0.1) is 13.2 Å². The first-order valence-electron chi connectivity index (χ1n) is 3.19. The molecule has 13 heavy (non-hydrogen) atoms. The van der Waals surface area contributed by atoms with Crippen molar-refractivity contribution in [1.29, 1.82) is 0 Å². The van der Waals surface area contributed by atoms with Crippen LogP contribution < -0.4 is 10.2 Å². The zero-order chi connectivity index (χ0) is 10.1. The van der Waals surface area contributed by atoms with Crippen molar-refractivity contribution in [2.75, 3.05) is 0 Å². The standard InChI is InChI=1S/C7H3BBrF3O/c8-5-2-1-4(3-6(5)9)13-7(10,11)12/h1-3H. The third-order valence-corrected chi connectivity index (χ3v) is 1.89. The Morgan fingerprint density at radius 2 is 1.92 bits per heavy atom. The van der Waals surface area contributed by atoms with E-state index in [1.54, 1.807) is 0 Å². The van der Waals surface area contributed by atoms with Crippen molar-refractivity contribution in [3.8, 4) is 5.75 Å². The van der Waals surface area contributed by atoms with E-state index in [0.717, 1.165) is 12.1 Å². The number of rotatable bonds is 1. The zero-order valence-electron chi connectivity index (χ0n) is 6.23. The molecule has 0 fully saturated rings. The summed E-state index contributed by atoms with van der Waals surface area (Å²) in [7, 11) is 5.37. The maximum atomic E-state index is 11.7. The molecule has 0 aliphatic carbocycles. The van der Waals surface area contributed by atoms with Crippen LogP contribution in [0, 0.1) is 0 Å². The molecule has 1 nitrogen and oxygen atoms in total. The van der Waals surface area contributed by atoms with Crippen LogP contribution in [0.3, 0.4) is 0 Å². The number of hydrogen-bond donors (Lipinski definition) is 0. The van der Waals surface area contributed by atoms with E-state index >= 15 is 0 Å². The van der Waals surface area contributed by atoms with E-state index in [2.05, 4.69) is 20.7 Å². The number of halogens is 4. The van der Waals surface area contributed by atoms with Crippen molar-refractivity contribution >= 4 is 29.2 Å². The smallest absolute Gasteiger partial charge is 0.406 e. The maximum absolute atomic E-state index is 11.7. The molecule has 1 rings (SSSR count). The molecule has 0 saturated carbocycles. The maximum Gasteiger partial charge on any atom is 0.573 e. The molecule has 0 atom stereocenters. The Bertz CT molecular complexity index is 313. The second-order valence-corrected chi connectivity index (χ2v) is 3.09. The fraction of sp³-hybridized carbons (Fsp3) is 0.143. The van der Waals surface area contributed by atoms with E-state index in [0.29, 0.717) is 9.94 Å². The summed E-state index contributed by atoms with van der Waals surface area (Å²) in [5, 5.41) is 0. The fourth-order valence-electron chi connectivity index (χ4n) is 0.705. The molecular formula is C7H3BBrF3O. The number of benzene rings is 1. The van der Waals surface area contributed by atoms with Crippen molar-refractivity contribution in [2.24, 2.45) is 0 Å². The van der Waals surface area contributed by atoms with Crippen LogP contribution in [-0.4, -0.2) is 14.2 Å². The molecule has 0 unspecified atom stereocenters. The van der Waals surface area contributed by atoms with Crippen molar-refractivity contribution < 1.29 is 17.9 Å². The second kappa shape index (κ2) is 3.61. The van der Waals surface area contributed by atoms with Crippen LogP contribution in [0.5, 0.6) is 5.75 Å². The molecule has 0 spiro atoms. The van der Waals surface area contributed by atoms with Crippen LogP contribution in [0.2, 0.25) is 0 Å². The lowest BCUT2D eigenvalue weighted by molar-refractivity contribution is -0.274. The Balaban J connectivity index is 2.86. The first-order valence-corrected chi connectivity index (χ1v) is 3.98. The molecule has 0 heterocycles. The van der Waals surface area contributed by atoms with Gasteiger partial charge in [-0.1, -0.05) is 27.5 Å². The SMILES string of the molecule is [B]c1ccc(OC(F)(F)F)cc1Br. The van der Waals surface area contributed by atoms with Gasteiger partial charge in [-0.05, 0) is 12.1 Å². The average molecular weight is 251 g/mol. The van der Waals surface area contributed by atoms with Gasteiger partial charge in [-0.25, -0.2) is 0 Å². The van der Waals surface area contributed by atoms with E-state index in [4.69, 9.17) is 7.85 Å². The molecule has 0 saturated heterocycles. The van der Waals surface area contributed by atoms with Crippen molar-refractivity contribution in [3.63, 3.8) is 0 Å². The minimum atomic E-state index is -4.67. The van der Waals surface area contributed by atoms with Crippen LogP contribution in [-0.2, 0) is 0 Å². The van der Waals surface area contributed by atoms with E-state index in [1.807, 2.05) is 0 Å². The molecular weight excluding hydrogens is 248 g/mol. The monoisotopic (exact) mass is 250 g/mol. The first-order chi connectivity index (χ1) is 5.88. The molecule has 1 aromatic rings. The number of ether oxygens (including phenoxy) is 1. The molecule has 0 aliphatic rings. The highest BCUT2D eigenvalue weighted by molar-refractivity contribution is 9.10. The van der Waals surface area contributed by atoms with Gasteiger partial charge in [0.05, 0.1) is 0 Å². The van der Waals surface area contributed by atoms with Crippen LogP contribution in [0.1, 0.15) is 0 Å². The second-order valence-electron chi connectivity index (χ2n) is 2.23. The predicted octanol–water partition coefficient (Wildman–Crippen LogP) is 2.14. The van der Waals surface area contributed by atoms with Crippen LogP contribution >= 0.6 is 15.9 Å². The summed E-state index contributed by atoms with van der Waals surface area (Å²) in [5.41, 5.74) is 0.356. The summed E-state index contributed by atoms with van der Waals surface area (Å²) in [5.74, 6) is -0.298. The summed E-state index contributed by atoms with van der Waals surface area (Å²) in [6.45, 7) is 0. The first kappa shape index (κ1) is 10.4. The lowest BCUT2D eigenvalue weighted by atomic mass is 9.97. The van der Waals surface area contributed by atoms with Gasteiger partial charge in [0.1, 0.15) is 13.6 Å². The minimum absolute atomic E-state index is 0.298. The van der Waals surface area contributed by atoms with Gasteiger partial charge in [-0.3, -0.25) is 0 Å². The lowest BCUT2D eigenvalue weighted by Crippen LogP contribution is -2.17. The molecule has 0 N–H and O–H groups in total. The van der Waals surface area contributed by atoms with E-state index in [1.165, 1.54) is 6.07 Å². The summed E-state index contributed by atoms with van der Waals surface area (Å²) >= 11 is 2.98. The number of alkyl halides is 3. The van der Waals surface area contributed by atoms with Gasteiger partial charge in [-0.2, -0.15) is 0 Å². The quantitative estimate of drug-likeness (QED) is 0.694. The van der Waals surface area contributed by atoms with Gasteiger partial charge in [0.2, 0.25) is 0 Å². The zero-order valence-corrected chi connectivity index (χ0v) is 7.82. The predicted molar refractivity (Wildman–Crippen MR) is 46.2 cm³/mol. The van der Waals surface area contributed by atoms with Crippen molar-refractivity contribution in [1.82, 2.24) is 0 Å². The van der Waals surface area contributed by atoms with Gasteiger partial charge < -0.3 is 4.74 Å². The van der Waals surface area contributed by atoms with E-state index in [-0.39, 0.29) is 5.75 Å². The summed E-state index contributed by atoms with van der Waals surface area (Å²) in [4.78, 5) is 0. The topological polar surface area (TPSA) is 9.23 Å². The molecule has 1 aromatic carbocycles. The number of hydrogen-bond acceptors (Lipinski definition) is 1. The van der Waals surface area contributed by atoms with E-state index in [9.17, 15) is 13.2 Å². The van der Waals surface area contributed by atoms with Crippen molar-refractivity contribution in [2.45, 2.75) is 6.36 Å². The largest absolute Gasteiger partial charge is 0.573 e. The highest BCUT2D eigenvalue weighted by Crippen LogP contribution is 2.23. The molecule has 0 amide bonds. The van der Waals surface area contributed by atoms with Crippen molar-refractivity contribution in [3.05, 3.63) is 22.7 Å². The molecule has 0 aromatic heterocycles. The Hall–Kier alpha value is -0.645. The van der Waals surface area contributed by atoms with Gasteiger partial charge in [0.15, 0.2) is 0 Å². The molecule has 2 radical (unpaired) electrons. The van der Waals surface area contributed by atoms with Gasteiger partial charge in [0, 0.05) is 4.47 Å². The molecule has 6 heteroatoms. The summed E-state index contributed by atoms with van der Waals surface area (Å²) in [6.07, 6.45) is -4.67. The molecule has 68 valence electrons. The van der Waals surface area contributed by atoms with Crippen LogP contribution in [0.4, 0.5) is 13.2 Å². The molecule has 0 bridgehead atoms. The third kappa shape index (κ3) is 3.30. The highest BCUT2D eigenvalue weighted by atomic mass is 79.9. The Morgan fingerprint density at radius 1 is 1.31 bits per heavy atom. The average Bonchev–Trinajstić information content (AvgIpc) is 1.94. The third-order valence-electron chi connectivity index (χ3n) is 1.21. The fourth-order valence-corrected chi connectivity index (χ4v) is 1.06. The Labute approximate surface area is 82.4 Å².